The van der Waals surface area contributed by atoms with Gasteiger partial charge >= 0.3 is 0 Å². The lowest BCUT2D eigenvalue weighted by atomic mass is 9.92. The van der Waals surface area contributed by atoms with Gasteiger partial charge in [-0.15, -0.1) is 0 Å². The Morgan fingerprint density at radius 2 is 1.16 bits per heavy atom. The van der Waals surface area contributed by atoms with Crippen LogP contribution in [0.4, 0.5) is 11.4 Å². The Bertz CT molecular complexity index is 2020. The summed E-state index contributed by atoms with van der Waals surface area (Å²) in [5, 5.41) is 4.64. The van der Waals surface area contributed by atoms with E-state index in [1.807, 2.05) is 30.3 Å². The maximum atomic E-state index is 6.51. The molecule has 0 aliphatic heterocycles. The van der Waals surface area contributed by atoms with Crippen LogP contribution < -0.4 is 11.5 Å². The number of nitrogen functional groups attached to an aromatic ring is 2. The predicted molar refractivity (Wildman–Crippen MR) is 192 cm³/mol. The quantitative estimate of drug-likeness (QED) is 0.190. The molecule has 4 nitrogen and oxygen atoms in total. The van der Waals surface area contributed by atoms with Gasteiger partial charge in [0.05, 0.1) is 0 Å². The first-order valence-electron chi connectivity index (χ1n) is 15.7. The maximum absolute atomic E-state index is 6.51. The van der Waals surface area contributed by atoms with E-state index < -0.39 is 0 Å². The Morgan fingerprint density at radius 1 is 0.636 bits per heavy atom. The molecular weight excluding hydrogens is 540 g/mol. The Hall–Kier alpha value is -4.44. The Morgan fingerprint density at radius 3 is 1.70 bits per heavy atom. The number of hydrogen-bond acceptors (Lipinski definition) is 4. The number of para-hydroxylation sites is 2. The molecule has 6 aromatic rings. The van der Waals surface area contributed by atoms with Crippen molar-refractivity contribution in [3.8, 4) is 0 Å². The van der Waals surface area contributed by atoms with Crippen LogP contribution in [0.15, 0.2) is 80.6 Å². The standard InChI is InChI=1S/C20H25NO.C20H21NO/c2*1-12(2)9-14-11-16-15-7-5-6-8-18(15)22-20(16)17(19(14)21)10-13(3)4/h5-8,11-13H,9-10,21H2,1-4H3;5-11H,21H2,1-4H3. The van der Waals surface area contributed by atoms with Crippen LogP contribution in [0.3, 0.4) is 0 Å². The molecule has 0 bridgehead atoms. The van der Waals surface area contributed by atoms with E-state index in [1.165, 1.54) is 33.0 Å². The van der Waals surface area contributed by atoms with E-state index in [0.29, 0.717) is 11.8 Å². The summed E-state index contributed by atoms with van der Waals surface area (Å²) in [6.07, 6.45) is 6.18. The summed E-state index contributed by atoms with van der Waals surface area (Å²) in [7, 11) is 0. The summed E-state index contributed by atoms with van der Waals surface area (Å²) < 4.78 is 12.2. The second-order valence-corrected chi connectivity index (χ2v) is 13.3. The Kier molecular flexibility index (Phi) is 8.92. The van der Waals surface area contributed by atoms with Crippen molar-refractivity contribution in [2.24, 2.45) is 11.8 Å². The summed E-state index contributed by atoms with van der Waals surface area (Å²) in [5.41, 5.74) is 25.2. The summed E-state index contributed by atoms with van der Waals surface area (Å²) in [5.74, 6) is 1.14. The first-order chi connectivity index (χ1) is 20.9. The third kappa shape index (κ3) is 6.26. The van der Waals surface area contributed by atoms with E-state index in [2.05, 4.69) is 97.9 Å². The van der Waals surface area contributed by atoms with Crippen molar-refractivity contribution in [1.29, 1.82) is 0 Å². The molecule has 0 saturated heterocycles. The molecule has 0 radical (unpaired) electrons. The van der Waals surface area contributed by atoms with Gasteiger partial charge in [0.1, 0.15) is 22.3 Å². The normalized spacial score (nSPS) is 11.5. The molecule has 0 aliphatic rings. The highest BCUT2D eigenvalue weighted by atomic mass is 16.3. The van der Waals surface area contributed by atoms with Crippen LogP contribution in [0, 0.1) is 11.8 Å². The summed E-state index contributed by atoms with van der Waals surface area (Å²) in [6.45, 7) is 17.2. The van der Waals surface area contributed by atoms with E-state index >= 15 is 0 Å². The molecule has 0 aliphatic carbocycles. The van der Waals surface area contributed by atoms with Gasteiger partial charge in [-0.3, -0.25) is 0 Å². The molecule has 0 saturated carbocycles. The van der Waals surface area contributed by atoms with Gasteiger partial charge < -0.3 is 20.3 Å². The molecule has 4 heteroatoms. The molecule has 44 heavy (non-hydrogen) atoms. The number of furan rings is 2. The molecule has 0 atom stereocenters. The minimum atomic E-state index is 0.549. The van der Waals surface area contributed by atoms with Gasteiger partial charge in [0.25, 0.3) is 0 Å². The van der Waals surface area contributed by atoms with Crippen molar-refractivity contribution >= 4 is 67.4 Å². The maximum Gasteiger partial charge on any atom is 0.144 e. The van der Waals surface area contributed by atoms with E-state index in [1.54, 1.807) is 0 Å². The topological polar surface area (TPSA) is 78.3 Å². The van der Waals surface area contributed by atoms with Crippen LogP contribution in [-0.2, 0) is 12.8 Å². The molecule has 2 heterocycles. The van der Waals surface area contributed by atoms with Crippen molar-refractivity contribution in [2.75, 3.05) is 11.5 Å². The average molecular weight is 587 g/mol. The second kappa shape index (κ2) is 12.7. The molecule has 0 amide bonds. The third-order valence-electron chi connectivity index (χ3n) is 7.79. The van der Waals surface area contributed by atoms with Crippen LogP contribution >= 0.6 is 0 Å². The second-order valence-electron chi connectivity index (χ2n) is 13.3. The number of hydrogen-bond donors (Lipinski definition) is 2. The molecular formula is C40H46N2O2. The molecule has 228 valence electrons. The zero-order valence-corrected chi connectivity index (χ0v) is 27.5. The highest BCUT2D eigenvalue weighted by molar-refractivity contribution is 6.10. The van der Waals surface area contributed by atoms with Crippen molar-refractivity contribution in [2.45, 2.75) is 68.2 Å². The zero-order valence-electron chi connectivity index (χ0n) is 27.5. The Labute approximate surface area is 261 Å². The van der Waals surface area contributed by atoms with Crippen molar-refractivity contribution in [1.82, 2.24) is 0 Å². The van der Waals surface area contributed by atoms with Crippen molar-refractivity contribution < 1.29 is 8.83 Å². The fourth-order valence-corrected chi connectivity index (χ4v) is 6.00. The summed E-state index contributed by atoms with van der Waals surface area (Å²) in [4.78, 5) is 0. The van der Waals surface area contributed by atoms with E-state index in [9.17, 15) is 0 Å². The van der Waals surface area contributed by atoms with E-state index in [4.69, 9.17) is 20.3 Å². The minimum Gasteiger partial charge on any atom is -0.456 e. The highest BCUT2D eigenvalue weighted by Gasteiger charge is 2.19. The lowest BCUT2D eigenvalue weighted by Gasteiger charge is -2.15. The molecule has 4 aromatic carbocycles. The number of nitrogens with two attached hydrogens (primary N) is 2. The monoisotopic (exact) mass is 586 g/mol. The molecule has 2 aromatic heterocycles. The van der Waals surface area contributed by atoms with Gasteiger partial charge in [0.15, 0.2) is 0 Å². The van der Waals surface area contributed by atoms with Crippen LogP contribution in [0.25, 0.3) is 56.0 Å². The smallest absolute Gasteiger partial charge is 0.144 e. The van der Waals surface area contributed by atoms with Crippen LogP contribution in [0.2, 0.25) is 0 Å². The van der Waals surface area contributed by atoms with Crippen LogP contribution in [-0.4, -0.2) is 0 Å². The van der Waals surface area contributed by atoms with Crippen LogP contribution in [0.1, 0.15) is 77.6 Å². The number of benzene rings is 4. The zero-order chi connectivity index (χ0) is 31.7. The first-order valence-corrected chi connectivity index (χ1v) is 15.7. The number of rotatable bonds is 6. The van der Waals surface area contributed by atoms with E-state index in [-0.39, 0.29) is 0 Å². The SMILES string of the molecule is CC(C)=Cc1cc2c(oc3ccccc32)c(C=C(C)C)c1N.CC(C)Cc1cc2c(oc3ccccc32)c(CC(C)C)c1N. The predicted octanol–water partition coefficient (Wildman–Crippen LogP) is 11.6. The fraction of sp³-hybridized carbons (Fsp3) is 0.300. The van der Waals surface area contributed by atoms with Gasteiger partial charge in [0.2, 0.25) is 0 Å². The third-order valence-corrected chi connectivity index (χ3v) is 7.79. The molecule has 4 N–H and O–H groups in total. The largest absolute Gasteiger partial charge is 0.456 e. The highest BCUT2D eigenvalue weighted by Crippen LogP contribution is 2.39. The number of fused-ring (bicyclic) bond motifs is 6. The minimum absolute atomic E-state index is 0.549. The average Bonchev–Trinajstić information content (AvgIpc) is 3.51. The van der Waals surface area contributed by atoms with Gasteiger partial charge in [-0.1, -0.05) is 87.4 Å². The lowest BCUT2D eigenvalue weighted by Crippen LogP contribution is -2.06. The number of anilines is 2. The van der Waals surface area contributed by atoms with E-state index in [0.717, 1.165) is 68.4 Å². The summed E-state index contributed by atoms with van der Waals surface area (Å²) in [6, 6.07) is 20.7. The first kappa shape index (κ1) is 31.0. The van der Waals surface area contributed by atoms with Crippen LogP contribution in [0.5, 0.6) is 0 Å². The van der Waals surface area contributed by atoms with Crippen molar-refractivity contribution in [3.05, 3.63) is 94.1 Å². The van der Waals surface area contributed by atoms with Gasteiger partial charge in [-0.25, -0.2) is 0 Å². The molecule has 0 fully saturated rings. The van der Waals surface area contributed by atoms with Crippen molar-refractivity contribution in [3.63, 3.8) is 0 Å². The Balaban J connectivity index is 0.000000175. The molecule has 0 spiro atoms. The summed E-state index contributed by atoms with van der Waals surface area (Å²) >= 11 is 0. The van der Waals surface area contributed by atoms with Gasteiger partial charge in [-0.2, -0.15) is 0 Å². The lowest BCUT2D eigenvalue weighted by molar-refractivity contribution is 0.620. The number of allylic oxidation sites excluding steroid dienone is 2. The van der Waals surface area contributed by atoms with Gasteiger partial charge in [0, 0.05) is 44.0 Å². The molecule has 6 rings (SSSR count). The van der Waals surface area contributed by atoms with Gasteiger partial charge in [-0.05, 0) is 87.8 Å². The molecule has 0 unspecified atom stereocenters. The fourth-order valence-electron chi connectivity index (χ4n) is 6.00.